The van der Waals surface area contributed by atoms with Gasteiger partial charge in [-0.15, -0.1) is 0 Å². The molecule has 0 N–H and O–H groups in total. The maximum absolute atomic E-state index is 6.21. The Morgan fingerprint density at radius 3 is 2.62 bits per heavy atom. The van der Waals surface area contributed by atoms with Crippen LogP contribution in [0.2, 0.25) is 0 Å². The summed E-state index contributed by atoms with van der Waals surface area (Å²) in [5.74, 6) is 0.953. The Bertz CT molecular complexity index is 429. The maximum atomic E-state index is 6.21. The van der Waals surface area contributed by atoms with Crippen molar-refractivity contribution < 1.29 is 24.0 Å². The zero-order valence-electron chi connectivity index (χ0n) is 13.3. The monoisotopic (exact) mass is 298 g/mol. The maximum Gasteiger partial charge on any atom is 0.201 e. The Hall–Kier alpha value is -0.200. The molecular formula is C16H26O5. The molecule has 5 fully saturated rings. The highest BCUT2D eigenvalue weighted by Crippen LogP contribution is 2.60. The Morgan fingerprint density at radius 1 is 1.05 bits per heavy atom. The van der Waals surface area contributed by atoms with Crippen LogP contribution in [0.5, 0.6) is 0 Å². The zero-order chi connectivity index (χ0) is 14.8. The molecule has 8 atom stereocenters. The summed E-state index contributed by atoms with van der Waals surface area (Å²) in [6.45, 7) is 6.46. The van der Waals surface area contributed by atoms with E-state index >= 15 is 0 Å². The van der Waals surface area contributed by atoms with Gasteiger partial charge in [-0.25, -0.2) is 9.78 Å². The molecule has 120 valence electrons. The van der Waals surface area contributed by atoms with E-state index in [1.807, 2.05) is 6.92 Å². The van der Waals surface area contributed by atoms with Crippen molar-refractivity contribution in [2.75, 3.05) is 7.11 Å². The number of hydrogen-bond acceptors (Lipinski definition) is 5. The van der Waals surface area contributed by atoms with Crippen molar-refractivity contribution in [1.82, 2.24) is 0 Å². The fourth-order valence-corrected chi connectivity index (χ4v) is 5.14. The highest BCUT2D eigenvalue weighted by Gasteiger charge is 2.69. The molecule has 4 heterocycles. The number of methoxy groups -OCH3 is 1. The van der Waals surface area contributed by atoms with Gasteiger partial charge in [-0.1, -0.05) is 13.8 Å². The minimum absolute atomic E-state index is 0.230. The second kappa shape index (κ2) is 4.65. The average Bonchev–Trinajstić information content (AvgIpc) is 2.69. The van der Waals surface area contributed by atoms with E-state index in [4.69, 9.17) is 24.0 Å². The Labute approximate surface area is 126 Å². The van der Waals surface area contributed by atoms with Crippen LogP contribution in [0.25, 0.3) is 0 Å². The van der Waals surface area contributed by atoms with Crippen molar-refractivity contribution in [2.45, 2.75) is 70.4 Å². The Kier molecular flexibility index (Phi) is 3.19. The van der Waals surface area contributed by atoms with E-state index in [9.17, 15) is 0 Å². The minimum Gasteiger partial charge on any atom is -0.355 e. The lowest BCUT2D eigenvalue weighted by atomic mass is 9.58. The molecule has 1 aliphatic carbocycles. The lowest BCUT2D eigenvalue weighted by molar-refractivity contribution is -0.577. The molecule has 5 heteroatoms. The second-order valence-corrected chi connectivity index (χ2v) is 7.51. The molecule has 21 heavy (non-hydrogen) atoms. The third-order valence-corrected chi connectivity index (χ3v) is 6.33. The highest BCUT2D eigenvalue weighted by atomic mass is 17.3. The topological polar surface area (TPSA) is 46.2 Å². The first-order valence-electron chi connectivity index (χ1n) is 8.23. The van der Waals surface area contributed by atoms with Crippen molar-refractivity contribution in [3.8, 4) is 0 Å². The summed E-state index contributed by atoms with van der Waals surface area (Å²) < 4.78 is 17.9. The normalized spacial score (nSPS) is 59.4. The van der Waals surface area contributed by atoms with Crippen molar-refractivity contribution in [3.63, 3.8) is 0 Å². The Morgan fingerprint density at radius 2 is 1.86 bits per heavy atom. The van der Waals surface area contributed by atoms with Crippen molar-refractivity contribution >= 4 is 0 Å². The first-order valence-corrected chi connectivity index (χ1v) is 8.23. The number of rotatable bonds is 1. The number of fused-ring (bicyclic) bond motifs is 2. The third-order valence-electron chi connectivity index (χ3n) is 6.33. The van der Waals surface area contributed by atoms with Gasteiger partial charge >= 0.3 is 0 Å². The van der Waals surface area contributed by atoms with Gasteiger partial charge < -0.3 is 14.2 Å². The van der Waals surface area contributed by atoms with E-state index in [0.29, 0.717) is 17.8 Å². The van der Waals surface area contributed by atoms with Crippen LogP contribution in [-0.2, 0) is 24.0 Å². The third kappa shape index (κ3) is 1.81. The van der Waals surface area contributed by atoms with Crippen LogP contribution in [-0.4, -0.2) is 31.1 Å². The molecule has 0 radical (unpaired) electrons. The summed E-state index contributed by atoms with van der Waals surface area (Å²) in [7, 11) is 1.70. The van der Waals surface area contributed by atoms with Gasteiger partial charge in [0.2, 0.25) is 5.79 Å². The van der Waals surface area contributed by atoms with Gasteiger partial charge in [0.25, 0.3) is 0 Å². The molecule has 0 aromatic heterocycles. The van der Waals surface area contributed by atoms with E-state index in [1.165, 1.54) is 6.42 Å². The lowest BCUT2D eigenvalue weighted by Gasteiger charge is -2.60. The van der Waals surface area contributed by atoms with Crippen LogP contribution in [0, 0.1) is 23.7 Å². The molecule has 0 amide bonds. The smallest absolute Gasteiger partial charge is 0.201 e. The fraction of sp³-hybridized carbons (Fsp3) is 1.00. The fourth-order valence-electron chi connectivity index (χ4n) is 5.14. The second-order valence-electron chi connectivity index (χ2n) is 7.51. The van der Waals surface area contributed by atoms with Gasteiger partial charge in [0, 0.05) is 25.4 Å². The molecule has 5 nitrogen and oxygen atoms in total. The summed E-state index contributed by atoms with van der Waals surface area (Å²) in [5, 5.41) is 0. The van der Waals surface area contributed by atoms with Gasteiger partial charge in [-0.3, -0.25) is 0 Å². The molecule has 4 saturated heterocycles. The standard InChI is InChI=1S/C16H26O5/c1-9-5-6-12-10(2)13(17-4)18-14-16(12)11(9)7-8-15(3,19-14)20-21-16/h9-14H,5-8H2,1-4H3/t9-,10-,11+,12+,13-,14-,15+,16?/m1/s1. The highest BCUT2D eigenvalue weighted by molar-refractivity contribution is 5.08. The summed E-state index contributed by atoms with van der Waals surface area (Å²) in [6.07, 6.45) is 3.64. The molecule has 4 aliphatic heterocycles. The largest absolute Gasteiger partial charge is 0.355 e. The summed E-state index contributed by atoms with van der Waals surface area (Å²) in [5.41, 5.74) is -0.470. The van der Waals surface area contributed by atoms with Crippen LogP contribution in [0.3, 0.4) is 0 Å². The van der Waals surface area contributed by atoms with Crippen LogP contribution >= 0.6 is 0 Å². The average molecular weight is 298 g/mol. The van der Waals surface area contributed by atoms with Gasteiger partial charge in [-0.2, -0.15) is 0 Å². The van der Waals surface area contributed by atoms with E-state index in [-0.39, 0.29) is 12.2 Å². The minimum atomic E-state index is -0.698. The molecular weight excluding hydrogens is 272 g/mol. The first kappa shape index (κ1) is 14.4. The SMILES string of the molecule is CO[C@@H]1O[C@@H]2O[C@]3(C)CC[C@H]4[C@H](C)CC[C@@H]([C@H]1C)C24OO3. The van der Waals surface area contributed by atoms with Gasteiger partial charge in [0.05, 0.1) is 0 Å². The predicted octanol–water partition coefficient (Wildman–Crippen LogP) is 2.84. The van der Waals surface area contributed by atoms with Crippen LogP contribution in [0.1, 0.15) is 46.5 Å². The zero-order valence-corrected chi connectivity index (χ0v) is 13.3. The molecule has 1 unspecified atom stereocenters. The van der Waals surface area contributed by atoms with Crippen molar-refractivity contribution in [1.29, 1.82) is 0 Å². The molecule has 0 aromatic rings. The molecule has 0 aromatic carbocycles. The van der Waals surface area contributed by atoms with E-state index in [2.05, 4.69) is 13.8 Å². The van der Waals surface area contributed by atoms with Crippen LogP contribution < -0.4 is 0 Å². The van der Waals surface area contributed by atoms with Gasteiger partial charge in [-0.05, 0) is 38.0 Å². The molecule has 5 aliphatic rings. The van der Waals surface area contributed by atoms with E-state index in [0.717, 1.165) is 19.3 Å². The van der Waals surface area contributed by atoms with Crippen molar-refractivity contribution in [2.24, 2.45) is 23.7 Å². The predicted molar refractivity (Wildman–Crippen MR) is 73.8 cm³/mol. The van der Waals surface area contributed by atoms with Crippen LogP contribution in [0.15, 0.2) is 0 Å². The molecule has 2 bridgehead atoms. The molecule has 5 rings (SSSR count). The van der Waals surface area contributed by atoms with Gasteiger partial charge in [0.1, 0.15) is 0 Å². The number of ether oxygens (including phenoxy) is 3. The number of hydrogen-bond donors (Lipinski definition) is 0. The summed E-state index contributed by atoms with van der Waals surface area (Å²) >= 11 is 0. The summed E-state index contributed by atoms with van der Waals surface area (Å²) in [6, 6.07) is 0. The van der Waals surface area contributed by atoms with E-state index in [1.54, 1.807) is 7.11 Å². The molecule has 1 saturated carbocycles. The first-order chi connectivity index (χ1) is 10.00. The van der Waals surface area contributed by atoms with Crippen LogP contribution in [0.4, 0.5) is 0 Å². The van der Waals surface area contributed by atoms with Gasteiger partial charge in [0.15, 0.2) is 18.2 Å². The Balaban J connectivity index is 1.79. The quantitative estimate of drug-likeness (QED) is 0.697. The lowest BCUT2D eigenvalue weighted by Crippen LogP contribution is -2.70. The van der Waals surface area contributed by atoms with Crippen molar-refractivity contribution in [3.05, 3.63) is 0 Å². The van der Waals surface area contributed by atoms with E-state index < -0.39 is 17.7 Å². The summed E-state index contributed by atoms with van der Waals surface area (Å²) in [4.78, 5) is 11.8. The molecule has 1 spiro atoms.